The Morgan fingerprint density at radius 2 is 1.95 bits per heavy atom. The van der Waals surface area contributed by atoms with E-state index >= 15 is 0 Å². The van der Waals surface area contributed by atoms with E-state index in [9.17, 15) is 14.4 Å². The fourth-order valence-corrected chi connectivity index (χ4v) is 2.30. The fraction of sp³-hybridized carbons (Fsp3) is 0.643. The van der Waals surface area contributed by atoms with E-state index in [1.165, 1.54) is 13.0 Å². The van der Waals surface area contributed by atoms with Crippen LogP contribution in [0.25, 0.3) is 0 Å². The summed E-state index contributed by atoms with van der Waals surface area (Å²) in [5.74, 6) is -0.121. The molecule has 1 aliphatic rings. The second-order valence-electron chi connectivity index (χ2n) is 5.05. The Hall–Kier alpha value is -1.85. The zero-order valence-corrected chi connectivity index (χ0v) is 12.2. The van der Waals surface area contributed by atoms with Crippen LogP contribution < -0.4 is 5.32 Å². The summed E-state index contributed by atoms with van der Waals surface area (Å²) in [5.41, 5.74) is 0. The Balaban J connectivity index is 2.36. The molecule has 1 aliphatic heterocycles. The predicted octanol–water partition coefficient (Wildman–Crippen LogP) is 0.00550. The third kappa shape index (κ3) is 4.68. The molecule has 1 saturated heterocycles. The van der Waals surface area contributed by atoms with E-state index < -0.39 is 0 Å². The Morgan fingerprint density at radius 3 is 2.45 bits per heavy atom. The maximum atomic E-state index is 12.2. The summed E-state index contributed by atoms with van der Waals surface area (Å²) in [5, 5.41) is 2.67. The number of amides is 3. The second-order valence-corrected chi connectivity index (χ2v) is 5.05. The molecule has 0 unspecified atom stereocenters. The maximum Gasteiger partial charge on any atom is 0.245 e. The molecular weight excluding hydrogens is 258 g/mol. The van der Waals surface area contributed by atoms with E-state index in [0.29, 0.717) is 39.0 Å². The lowest BCUT2D eigenvalue weighted by atomic mass is 9.95. The molecule has 0 spiro atoms. The second kappa shape index (κ2) is 7.67. The molecule has 6 heteroatoms. The van der Waals surface area contributed by atoms with E-state index in [4.69, 9.17) is 0 Å². The fourth-order valence-electron chi connectivity index (χ4n) is 2.30. The molecule has 0 aliphatic carbocycles. The van der Waals surface area contributed by atoms with Gasteiger partial charge in [-0.25, -0.2) is 0 Å². The molecule has 112 valence electrons. The van der Waals surface area contributed by atoms with E-state index in [1.807, 2.05) is 0 Å². The number of nitrogens with zero attached hydrogens (tertiary/aromatic N) is 2. The van der Waals surface area contributed by atoms with Crippen molar-refractivity contribution in [1.29, 1.82) is 0 Å². The van der Waals surface area contributed by atoms with E-state index in [2.05, 4.69) is 11.9 Å². The highest BCUT2D eigenvalue weighted by molar-refractivity contribution is 5.87. The molecule has 0 bridgehead atoms. The van der Waals surface area contributed by atoms with Crippen molar-refractivity contribution in [3.05, 3.63) is 12.7 Å². The van der Waals surface area contributed by atoms with Crippen molar-refractivity contribution in [1.82, 2.24) is 15.1 Å². The Morgan fingerprint density at radius 1 is 1.35 bits per heavy atom. The molecule has 1 heterocycles. The lowest BCUT2D eigenvalue weighted by Crippen LogP contribution is -2.44. The first-order valence-electron chi connectivity index (χ1n) is 6.86. The van der Waals surface area contributed by atoms with Crippen LogP contribution in [0.3, 0.4) is 0 Å². The van der Waals surface area contributed by atoms with Crippen LogP contribution >= 0.6 is 0 Å². The van der Waals surface area contributed by atoms with Gasteiger partial charge in [0, 0.05) is 46.1 Å². The molecule has 0 saturated carbocycles. The van der Waals surface area contributed by atoms with Crippen molar-refractivity contribution in [2.75, 3.05) is 33.2 Å². The van der Waals surface area contributed by atoms with Crippen LogP contribution in [0, 0.1) is 5.92 Å². The smallest absolute Gasteiger partial charge is 0.245 e. The van der Waals surface area contributed by atoms with Crippen LogP contribution in [0.2, 0.25) is 0 Å². The van der Waals surface area contributed by atoms with Gasteiger partial charge in [-0.15, -0.1) is 0 Å². The van der Waals surface area contributed by atoms with Gasteiger partial charge in [0.15, 0.2) is 0 Å². The lowest BCUT2D eigenvalue weighted by molar-refractivity contribution is -0.138. The van der Waals surface area contributed by atoms with E-state index in [1.54, 1.807) is 16.8 Å². The minimum Gasteiger partial charge on any atom is -0.355 e. The van der Waals surface area contributed by atoms with Crippen LogP contribution in [0.4, 0.5) is 0 Å². The summed E-state index contributed by atoms with van der Waals surface area (Å²) in [6.07, 6.45) is 2.67. The van der Waals surface area contributed by atoms with Gasteiger partial charge in [-0.2, -0.15) is 0 Å². The van der Waals surface area contributed by atoms with Crippen LogP contribution in [-0.4, -0.2) is 60.7 Å². The van der Waals surface area contributed by atoms with Crippen molar-refractivity contribution in [2.45, 2.75) is 19.8 Å². The molecule has 1 fully saturated rings. The molecule has 0 atom stereocenters. The molecule has 6 nitrogen and oxygen atoms in total. The van der Waals surface area contributed by atoms with Crippen LogP contribution in [0.1, 0.15) is 19.8 Å². The summed E-state index contributed by atoms with van der Waals surface area (Å²) in [7, 11) is 1.74. The predicted molar refractivity (Wildman–Crippen MR) is 75.8 cm³/mol. The summed E-state index contributed by atoms with van der Waals surface area (Å²) in [6, 6.07) is 0. The molecule has 0 aromatic carbocycles. The molecule has 20 heavy (non-hydrogen) atoms. The molecule has 0 radical (unpaired) electrons. The summed E-state index contributed by atoms with van der Waals surface area (Å²) >= 11 is 0. The first kappa shape index (κ1) is 16.2. The Kier molecular flexibility index (Phi) is 6.21. The number of hydrogen-bond donors (Lipinski definition) is 1. The molecule has 0 aromatic rings. The standard InChI is InChI=1S/C14H23N3O3/c1-4-13(19)17-8-5-12(6-9-17)14(20)16(3)10-7-15-11(2)18/h4,12H,1,5-10H2,2-3H3,(H,15,18). The molecule has 1 N–H and O–H groups in total. The van der Waals surface area contributed by atoms with E-state index in [-0.39, 0.29) is 23.6 Å². The van der Waals surface area contributed by atoms with Gasteiger partial charge in [0.2, 0.25) is 17.7 Å². The van der Waals surface area contributed by atoms with Crippen molar-refractivity contribution < 1.29 is 14.4 Å². The van der Waals surface area contributed by atoms with Crippen LogP contribution in [-0.2, 0) is 14.4 Å². The zero-order valence-electron chi connectivity index (χ0n) is 12.2. The number of hydrogen-bond acceptors (Lipinski definition) is 3. The Bertz CT molecular complexity index is 387. The summed E-state index contributed by atoms with van der Waals surface area (Å²) in [6.45, 7) is 7.08. The highest BCUT2D eigenvalue weighted by Gasteiger charge is 2.28. The number of likely N-dealkylation sites (N-methyl/N-ethyl adjacent to an activating group) is 1. The van der Waals surface area contributed by atoms with Gasteiger partial charge in [0.25, 0.3) is 0 Å². The topological polar surface area (TPSA) is 69.7 Å². The largest absolute Gasteiger partial charge is 0.355 e. The Labute approximate surface area is 119 Å². The summed E-state index contributed by atoms with van der Waals surface area (Å²) < 4.78 is 0. The minimum atomic E-state index is -0.0953. The molecule has 0 aromatic heterocycles. The van der Waals surface area contributed by atoms with Gasteiger partial charge >= 0.3 is 0 Å². The number of likely N-dealkylation sites (tertiary alicyclic amines) is 1. The highest BCUT2D eigenvalue weighted by Crippen LogP contribution is 2.19. The molecule has 1 rings (SSSR count). The quantitative estimate of drug-likeness (QED) is 0.722. The van der Waals surface area contributed by atoms with Crippen molar-refractivity contribution in [3.8, 4) is 0 Å². The maximum absolute atomic E-state index is 12.2. The van der Waals surface area contributed by atoms with Gasteiger partial charge in [-0.1, -0.05) is 6.58 Å². The number of rotatable bonds is 5. The molecular formula is C14H23N3O3. The first-order chi connectivity index (χ1) is 9.45. The zero-order chi connectivity index (χ0) is 15.1. The lowest BCUT2D eigenvalue weighted by Gasteiger charge is -2.32. The van der Waals surface area contributed by atoms with Crippen LogP contribution in [0.5, 0.6) is 0 Å². The van der Waals surface area contributed by atoms with Crippen LogP contribution in [0.15, 0.2) is 12.7 Å². The summed E-state index contributed by atoms with van der Waals surface area (Å²) in [4.78, 5) is 37.8. The third-order valence-corrected chi connectivity index (χ3v) is 3.53. The van der Waals surface area contributed by atoms with Gasteiger partial charge in [-0.05, 0) is 18.9 Å². The number of nitrogens with one attached hydrogen (secondary N) is 1. The SMILES string of the molecule is C=CC(=O)N1CCC(C(=O)N(C)CCNC(C)=O)CC1. The number of carbonyl (C=O) groups excluding carboxylic acids is 3. The van der Waals surface area contributed by atoms with Crippen molar-refractivity contribution in [3.63, 3.8) is 0 Å². The minimum absolute atomic E-state index is 0.0359. The van der Waals surface area contributed by atoms with Gasteiger partial charge < -0.3 is 15.1 Å². The van der Waals surface area contributed by atoms with Crippen molar-refractivity contribution >= 4 is 17.7 Å². The number of piperidine rings is 1. The van der Waals surface area contributed by atoms with Gasteiger partial charge in [-0.3, -0.25) is 14.4 Å². The normalized spacial score (nSPS) is 15.6. The molecule has 3 amide bonds. The average Bonchev–Trinajstić information content (AvgIpc) is 2.45. The third-order valence-electron chi connectivity index (χ3n) is 3.53. The average molecular weight is 281 g/mol. The number of carbonyl (C=O) groups is 3. The van der Waals surface area contributed by atoms with Gasteiger partial charge in [0.1, 0.15) is 0 Å². The van der Waals surface area contributed by atoms with Gasteiger partial charge in [0.05, 0.1) is 0 Å². The highest BCUT2D eigenvalue weighted by atomic mass is 16.2. The van der Waals surface area contributed by atoms with Crippen molar-refractivity contribution in [2.24, 2.45) is 5.92 Å². The van der Waals surface area contributed by atoms with E-state index in [0.717, 1.165) is 0 Å². The monoisotopic (exact) mass is 281 g/mol. The first-order valence-corrected chi connectivity index (χ1v) is 6.86.